The first-order valence-corrected chi connectivity index (χ1v) is 14.2. The molecule has 4 heteroatoms. The Bertz CT molecular complexity index is 1570. The summed E-state index contributed by atoms with van der Waals surface area (Å²) in [5.74, 6) is 1.49. The van der Waals surface area contributed by atoms with Crippen molar-refractivity contribution < 1.29 is 9.30 Å². The Morgan fingerprint density at radius 2 is 1.27 bits per heavy atom. The monoisotopic (exact) mass is 570 g/mol. The van der Waals surface area contributed by atoms with Crippen molar-refractivity contribution in [2.24, 2.45) is 0 Å². The molecule has 4 aromatic carbocycles. The summed E-state index contributed by atoms with van der Waals surface area (Å²) < 4.78 is 20.3. The van der Waals surface area contributed by atoms with Gasteiger partial charge in [-0.1, -0.05) is 61.4 Å². The van der Waals surface area contributed by atoms with Crippen LogP contribution in [-0.2, 0) is 9.98 Å². The van der Waals surface area contributed by atoms with Gasteiger partial charge in [-0.25, -0.2) is 0 Å². The van der Waals surface area contributed by atoms with Gasteiger partial charge in [0, 0.05) is 16.5 Å². The molecule has 0 amide bonds. The van der Waals surface area contributed by atoms with E-state index >= 15 is 0 Å². The minimum absolute atomic E-state index is 0.0597. The molecule has 0 unspecified atom stereocenters. The lowest BCUT2D eigenvalue weighted by Gasteiger charge is -2.38. The van der Waals surface area contributed by atoms with Crippen molar-refractivity contribution in [1.82, 2.24) is 0 Å². The predicted octanol–water partition coefficient (Wildman–Crippen LogP) is 9.98. The highest BCUT2D eigenvalue weighted by Crippen LogP contribution is 2.56. The lowest BCUT2D eigenvalue weighted by Crippen LogP contribution is -2.28. The summed E-state index contributed by atoms with van der Waals surface area (Å²) in [6.07, 6.45) is 0. The number of hydrogen-bond acceptors (Lipinski definition) is 2. The van der Waals surface area contributed by atoms with E-state index in [1.807, 2.05) is 6.07 Å². The second-order valence-electron chi connectivity index (χ2n) is 11.0. The van der Waals surface area contributed by atoms with Crippen molar-refractivity contribution >= 4 is 29.7 Å². The number of para-hydroxylation sites is 1. The van der Waals surface area contributed by atoms with Crippen LogP contribution in [0, 0.1) is 41.5 Å². The minimum atomic E-state index is -0.395. The number of fused-ring (bicyclic) bond motifs is 2. The quantitative estimate of drug-likeness (QED) is 0.229. The number of aryl methyl sites for hydroxylation is 6. The fourth-order valence-corrected chi connectivity index (χ4v) is 7.26. The summed E-state index contributed by atoms with van der Waals surface area (Å²) in [5, 5.41) is 0.671. The average Bonchev–Trinajstić information content (AvgIpc) is 2.79. The standard InChI is InChI=1S/C33H32BrO2P/c1-17-12-19(3)27(20(4)13-17)23-16-26(37-35)32-30(29(23)28-21(5)14-18(2)15-22(28)6)33(7,8)24-10-9-11-25(34)31(24)36-32/h9-16H,1-8H3. The highest BCUT2D eigenvalue weighted by atomic mass is 79.9. The molecule has 0 radical (unpaired) electrons. The first-order chi connectivity index (χ1) is 17.4. The van der Waals surface area contributed by atoms with Gasteiger partial charge in [-0.15, -0.1) is 0 Å². The predicted molar refractivity (Wildman–Crippen MR) is 159 cm³/mol. The molecule has 188 valence electrons. The zero-order chi connectivity index (χ0) is 26.8. The van der Waals surface area contributed by atoms with E-state index in [0.29, 0.717) is 11.1 Å². The van der Waals surface area contributed by atoms with Gasteiger partial charge in [-0.3, -0.25) is 4.57 Å². The first kappa shape index (κ1) is 25.9. The van der Waals surface area contributed by atoms with E-state index in [2.05, 4.69) is 114 Å². The molecule has 1 aliphatic heterocycles. The maximum absolute atomic E-state index is 12.7. The molecule has 0 N–H and O–H groups in total. The Hall–Kier alpha value is -2.74. The fourth-order valence-electron chi connectivity index (χ4n) is 6.40. The lowest BCUT2D eigenvalue weighted by molar-refractivity contribution is 0.419. The normalized spacial score (nSPS) is 13.8. The van der Waals surface area contributed by atoms with Crippen molar-refractivity contribution in [3.8, 4) is 33.8 Å². The number of benzene rings is 4. The molecule has 37 heavy (non-hydrogen) atoms. The summed E-state index contributed by atoms with van der Waals surface area (Å²) in [7, 11) is -0.0597. The summed E-state index contributed by atoms with van der Waals surface area (Å²) in [6, 6.07) is 17.3. The smallest absolute Gasteiger partial charge is 0.196 e. The molecule has 0 bridgehead atoms. The van der Waals surface area contributed by atoms with Gasteiger partial charge >= 0.3 is 0 Å². The fraction of sp³-hybridized carbons (Fsp3) is 0.273. The topological polar surface area (TPSA) is 26.3 Å². The summed E-state index contributed by atoms with van der Waals surface area (Å²) >= 11 is 3.70. The van der Waals surface area contributed by atoms with Crippen LogP contribution in [-0.4, -0.2) is 0 Å². The zero-order valence-electron chi connectivity index (χ0n) is 22.8. The number of ether oxygens (including phenoxy) is 1. The molecule has 5 rings (SSSR count). The molecule has 4 aromatic rings. The molecular weight excluding hydrogens is 539 g/mol. The lowest BCUT2D eigenvalue weighted by atomic mass is 9.70. The van der Waals surface area contributed by atoms with Crippen LogP contribution in [0.2, 0.25) is 0 Å². The minimum Gasteiger partial charge on any atom is -0.454 e. The summed E-state index contributed by atoms with van der Waals surface area (Å²) in [6.45, 7) is 17.5. The van der Waals surface area contributed by atoms with Crippen LogP contribution in [0.3, 0.4) is 0 Å². The molecule has 0 aliphatic carbocycles. The Morgan fingerprint density at radius 1 is 0.730 bits per heavy atom. The van der Waals surface area contributed by atoms with Crippen molar-refractivity contribution in [2.45, 2.75) is 60.8 Å². The van der Waals surface area contributed by atoms with Gasteiger partial charge in [0.05, 0.1) is 9.78 Å². The van der Waals surface area contributed by atoms with Crippen LogP contribution in [0.5, 0.6) is 11.5 Å². The molecule has 0 saturated carbocycles. The Labute approximate surface area is 230 Å². The molecular formula is C33H32BrO2P. The third-order valence-corrected chi connectivity index (χ3v) is 8.85. The Kier molecular flexibility index (Phi) is 6.45. The maximum Gasteiger partial charge on any atom is 0.196 e. The Morgan fingerprint density at radius 3 is 1.81 bits per heavy atom. The second-order valence-corrected chi connectivity index (χ2v) is 12.5. The second kappa shape index (κ2) is 9.22. The maximum atomic E-state index is 12.7. The zero-order valence-corrected chi connectivity index (χ0v) is 25.2. The highest BCUT2D eigenvalue weighted by molar-refractivity contribution is 9.10. The summed E-state index contributed by atoms with van der Waals surface area (Å²) in [5.41, 5.74) is 13.9. The van der Waals surface area contributed by atoms with Crippen LogP contribution >= 0.6 is 24.4 Å². The van der Waals surface area contributed by atoms with Crippen LogP contribution in [0.25, 0.3) is 22.3 Å². The van der Waals surface area contributed by atoms with E-state index < -0.39 is 5.41 Å². The van der Waals surface area contributed by atoms with Gasteiger partial charge in [-0.2, -0.15) is 0 Å². The third kappa shape index (κ3) is 4.08. The first-order valence-electron chi connectivity index (χ1n) is 12.6. The molecule has 0 aromatic heterocycles. The van der Waals surface area contributed by atoms with Crippen LogP contribution in [0.15, 0.2) is 53.0 Å². The van der Waals surface area contributed by atoms with E-state index in [1.54, 1.807) is 0 Å². The van der Waals surface area contributed by atoms with Gasteiger partial charge < -0.3 is 4.74 Å². The van der Waals surface area contributed by atoms with Crippen LogP contribution in [0.1, 0.15) is 58.4 Å². The molecule has 1 aliphatic rings. The van der Waals surface area contributed by atoms with E-state index in [0.717, 1.165) is 26.9 Å². The van der Waals surface area contributed by atoms with Crippen LogP contribution < -0.4 is 10.0 Å². The third-order valence-electron chi connectivity index (χ3n) is 7.70. The van der Waals surface area contributed by atoms with Crippen molar-refractivity contribution in [1.29, 1.82) is 0 Å². The molecule has 0 fully saturated rings. The Balaban J connectivity index is 2.02. The van der Waals surface area contributed by atoms with Gasteiger partial charge in [0.25, 0.3) is 0 Å². The van der Waals surface area contributed by atoms with Gasteiger partial charge in [-0.05, 0) is 114 Å². The largest absolute Gasteiger partial charge is 0.454 e. The number of halogens is 1. The van der Waals surface area contributed by atoms with Gasteiger partial charge in [0.1, 0.15) is 11.5 Å². The SMILES string of the molecule is Cc1cc(C)c(-c2cc(P=O)c3c(c2-c2c(C)cc(C)cc2C)C(C)(C)c2cccc(Br)c2O3)c(C)c1. The van der Waals surface area contributed by atoms with E-state index in [9.17, 15) is 4.57 Å². The highest BCUT2D eigenvalue weighted by Gasteiger charge is 2.41. The van der Waals surface area contributed by atoms with E-state index in [4.69, 9.17) is 4.74 Å². The van der Waals surface area contributed by atoms with Crippen molar-refractivity contribution in [3.63, 3.8) is 0 Å². The van der Waals surface area contributed by atoms with E-state index in [-0.39, 0.29) is 8.46 Å². The van der Waals surface area contributed by atoms with Crippen LogP contribution in [0.4, 0.5) is 0 Å². The van der Waals surface area contributed by atoms with E-state index in [1.165, 1.54) is 50.1 Å². The molecule has 0 saturated heterocycles. The molecule has 1 heterocycles. The van der Waals surface area contributed by atoms with Gasteiger partial charge in [0.15, 0.2) is 8.46 Å². The number of hydrogen-bond donors (Lipinski definition) is 0. The average molecular weight is 571 g/mol. The van der Waals surface area contributed by atoms with Crippen molar-refractivity contribution in [2.75, 3.05) is 0 Å². The number of rotatable bonds is 3. The summed E-state index contributed by atoms with van der Waals surface area (Å²) in [4.78, 5) is 0. The van der Waals surface area contributed by atoms with Crippen molar-refractivity contribution in [3.05, 3.63) is 97.5 Å². The molecule has 0 atom stereocenters. The van der Waals surface area contributed by atoms with Gasteiger partial charge in [0.2, 0.25) is 0 Å². The molecule has 0 spiro atoms. The molecule has 2 nitrogen and oxygen atoms in total.